The number of para-hydroxylation sites is 2. The number of benzene rings is 2. The largest absolute Gasteiger partial charge is 0.337 e. The maximum absolute atomic E-state index is 9.32. The molecule has 1 N–H and O–H groups in total. The zero-order chi connectivity index (χ0) is 13.9. The van der Waals surface area contributed by atoms with Crippen molar-refractivity contribution in [1.82, 2.24) is 9.97 Å². The molecule has 0 atom stereocenters. The lowest BCUT2D eigenvalue weighted by atomic mass is 10.1. The van der Waals surface area contributed by atoms with Crippen LogP contribution in [-0.4, -0.2) is 9.97 Å². The summed E-state index contributed by atoms with van der Waals surface area (Å²) in [7, 11) is 0. The van der Waals surface area contributed by atoms with E-state index in [1.807, 2.05) is 42.5 Å². The van der Waals surface area contributed by atoms with Gasteiger partial charge in [0.1, 0.15) is 11.9 Å². The Morgan fingerprint density at radius 2 is 2.05 bits per heavy atom. The van der Waals surface area contributed by atoms with E-state index in [1.54, 1.807) is 12.1 Å². The van der Waals surface area contributed by atoms with Gasteiger partial charge in [0.05, 0.1) is 16.6 Å². The van der Waals surface area contributed by atoms with Crippen LogP contribution in [0, 0.1) is 11.3 Å². The van der Waals surface area contributed by atoms with E-state index in [0.717, 1.165) is 16.6 Å². The van der Waals surface area contributed by atoms with Gasteiger partial charge in [-0.25, -0.2) is 4.98 Å². The normalized spacial score (nSPS) is 11.5. The van der Waals surface area contributed by atoms with Crippen molar-refractivity contribution in [1.29, 1.82) is 5.26 Å². The smallest absolute Gasteiger partial charge is 0.149 e. The third-order valence-electron chi connectivity index (χ3n) is 2.92. The van der Waals surface area contributed by atoms with E-state index in [9.17, 15) is 5.26 Å². The van der Waals surface area contributed by atoms with Gasteiger partial charge in [-0.05, 0) is 35.9 Å². The Bertz CT molecular complexity index is 807. The number of rotatable bonds is 2. The van der Waals surface area contributed by atoms with Crippen LogP contribution in [0.4, 0.5) is 0 Å². The second-order valence-corrected chi connectivity index (χ2v) is 4.76. The fraction of sp³-hybridized carbons (Fsp3) is 0. The first kappa shape index (κ1) is 12.5. The Labute approximate surface area is 121 Å². The van der Waals surface area contributed by atoms with Crippen LogP contribution < -0.4 is 0 Å². The molecule has 0 saturated heterocycles. The number of aromatic nitrogens is 2. The molecular formula is C16H10ClN3. The molecule has 20 heavy (non-hydrogen) atoms. The zero-order valence-corrected chi connectivity index (χ0v) is 11.2. The van der Waals surface area contributed by atoms with Gasteiger partial charge in [0.2, 0.25) is 0 Å². The number of fused-ring (bicyclic) bond motifs is 1. The van der Waals surface area contributed by atoms with Gasteiger partial charge in [0.15, 0.2) is 0 Å². The van der Waals surface area contributed by atoms with Crippen molar-refractivity contribution in [2.75, 3.05) is 0 Å². The van der Waals surface area contributed by atoms with Crippen molar-refractivity contribution < 1.29 is 0 Å². The third kappa shape index (κ3) is 2.42. The fourth-order valence-corrected chi connectivity index (χ4v) is 2.20. The summed E-state index contributed by atoms with van der Waals surface area (Å²) in [6.45, 7) is 0. The molecule has 0 radical (unpaired) electrons. The Kier molecular flexibility index (Phi) is 3.24. The van der Waals surface area contributed by atoms with Crippen molar-refractivity contribution in [3.63, 3.8) is 0 Å². The third-order valence-corrected chi connectivity index (χ3v) is 3.16. The molecule has 0 aliphatic heterocycles. The number of nitrogens with zero attached hydrogens (tertiary/aromatic N) is 2. The number of allylic oxidation sites excluding steroid dienone is 1. The second-order valence-electron chi connectivity index (χ2n) is 4.33. The molecule has 3 rings (SSSR count). The summed E-state index contributed by atoms with van der Waals surface area (Å²) < 4.78 is 0. The monoisotopic (exact) mass is 279 g/mol. The Morgan fingerprint density at radius 3 is 2.80 bits per heavy atom. The SMILES string of the molecule is N#CC(=Cc1cccc(Cl)c1)c1nc2ccccc2[nH]1. The van der Waals surface area contributed by atoms with Crippen molar-refractivity contribution >= 4 is 34.3 Å². The highest BCUT2D eigenvalue weighted by molar-refractivity contribution is 6.30. The van der Waals surface area contributed by atoms with E-state index in [2.05, 4.69) is 16.0 Å². The number of H-pyrrole nitrogens is 1. The van der Waals surface area contributed by atoms with E-state index < -0.39 is 0 Å². The summed E-state index contributed by atoms with van der Waals surface area (Å²) in [6.07, 6.45) is 1.77. The minimum Gasteiger partial charge on any atom is -0.337 e. The first-order valence-corrected chi connectivity index (χ1v) is 6.46. The number of imidazole rings is 1. The minimum absolute atomic E-state index is 0.475. The number of nitrogens with one attached hydrogen (secondary N) is 1. The highest BCUT2D eigenvalue weighted by Crippen LogP contribution is 2.20. The van der Waals surface area contributed by atoms with Crippen molar-refractivity contribution in [3.8, 4) is 6.07 Å². The van der Waals surface area contributed by atoms with E-state index in [4.69, 9.17) is 11.6 Å². The summed E-state index contributed by atoms with van der Waals surface area (Å²) >= 11 is 5.95. The van der Waals surface area contributed by atoms with Crippen LogP contribution in [0.15, 0.2) is 48.5 Å². The zero-order valence-electron chi connectivity index (χ0n) is 10.5. The number of aromatic amines is 1. The van der Waals surface area contributed by atoms with E-state index in [-0.39, 0.29) is 0 Å². The maximum Gasteiger partial charge on any atom is 0.149 e. The maximum atomic E-state index is 9.32. The van der Waals surface area contributed by atoms with E-state index in [1.165, 1.54) is 0 Å². The molecule has 1 aromatic heterocycles. The van der Waals surface area contributed by atoms with Crippen LogP contribution in [0.3, 0.4) is 0 Å². The van der Waals surface area contributed by atoms with Gasteiger partial charge in [-0.3, -0.25) is 0 Å². The minimum atomic E-state index is 0.475. The van der Waals surface area contributed by atoms with Crippen LogP contribution in [0.25, 0.3) is 22.7 Å². The standard InChI is InChI=1S/C16H10ClN3/c17-13-5-3-4-11(9-13)8-12(10-18)16-19-14-6-1-2-7-15(14)20-16/h1-9H,(H,19,20). The van der Waals surface area contributed by atoms with E-state index >= 15 is 0 Å². The van der Waals surface area contributed by atoms with Gasteiger partial charge in [0, 0.05) is 5.02 Å². The fourth-order valence-electron chi connectivity index (χ4n) is 2.00. The molecule has 0 unspecified atom stereocenters. The molecule has 0 amide bonds. The molecule has 2 aromatic carbocycles. The predicted octanol–water partition coefficient (Wildman–Crippen LogP) is 4.28. The lowest BCUT2D eigenvalue weighted by Gasteiger charge is -1.96. The number of nitriles is 1. The van der Waals surface area contributed by atoms with Crippen LogP contribution in [-0.2, 0) is 0 Å². The highest BCUT2D eigenvalue weighted by atomic mass is 35.5. The summed E-state index contributed by atoms with van der Waals surface area (Å²) in [6, 6.07) is 17.2. The molecule has 0 saturated carbocycles. The Hall–Kier alpha value is -2.57. The highest BCUT2D eigenvalue weighted by Gasteiger charge is 2.07. The van der Waals surface area contributed by atoms with Crippen LogP contribution in [0.1, 0.15) is 11.4 Å². The summed E-state index contributed by atoms with van der Waals surface area (Å²) in [5.41, 5.74) is 3.10. The molecule has 0 aliphatic rings. The number of hydrogen-bond donors (Lipinski definition) is 1. The number of halogens is 1. The van der Waals surface area contributed by atoms with Crippen molar-refractivity contribution in [2.24, 2.45) is 0 Å². The Balaban J connectivity index is 2.07. The topological polar surface area (TPSA) is 52.5 Å². The van der Waals surface area contributed by atoms with Gasteiger partial charge >= 0.3 is 0 Å². The molecule has 3 aromatic rings. The van der Waals surface area contributed by atoms with E-state index in [0.29, 0.717) is 16.4 Å². The average molecular weight is 280 g/mol. The quantitative estimate of drug-likeness (QED) is 0.712. The van der Waals surface area contributed by atoms with Gasteiger partial charge < -0.3 is 4.98 Å². The summed E-state index contributed by atoms with van der Waals surface area (Å²) in [5, 5.41) is 9.96. The first-order valence-electron chi connectivity index (χ1n) is 6.09. The second kappa shape index (κ2) is 5.20. The van der Waals surface area contributed by atoms with Crippen LogP contribution in [0.5, 0.6) is 0 Å². The lowest BCUT2D eigenvalue weighted by Crippen LogP contribution is -1.84. The van der Waals surface area contributed by atoms with Crippen LogP contribution >= 0.6 is 11.6 Å². The van der Waals surface area contributed by atoms with Crippen molar-refractivity contribution in [3.05, 3.63) is 64.9 Å². The molecule has 0 aliphatic carbocycles. The first-order chi connectivity index (χ1) is 9.76. The molecular weight excluding hydrogens is 270 g/mol. The summed E-state index contributed by atoms with van der Waals surface area (Å²) in [5.74, 6) is 0.564. The predicted molar refractivity (Wildman–Crippen MR) is 81.0 cm³/mol. The molecule has 0 fully saturated rings. The van der Waals surface area contributed by atoms with Gasteiger partial charge in [-0.15, -0.1) is 0 Å². The molecule has 0 spiro atoms. The Morgan fingerprint density at radius 1 is 1.20 bits per heavy atom. The lowest BCUT2D eigenvalue weighted by molar-refractivity contribution is 1.27. The average Bonchev–Trinajstić information content (AvgIpc) is 2.88. The van der Waals surface area contributed by atoms with Gasteiger partial charge in [-0.2, -0.15) is 5.26 Å². The summed E-state index contributed by atoms with van der Waals surface area (Å²) in [4.78, 5) is 7.57. The van der Waals surface area contributed by atoms with Gasteiger partial charge in [-0.1, -0.05) is 35.9 Å². The molecule has 4 heteroatoms. The molecule has 0 bridgehead atoms. The molecule has 96 valence electrons. The number of hydrogen-bond acceptors (Lipinski definition) is 2. The molecule has 1 heterocycles. The van der Waals surface area contributed by atoms with Crippen molar-refractivity contribution in [2.45, 2.75) is 0 Å². The molecule has 3 nitrogen and oxygen atoms in total. The van der Waals surface area contributed by atoms with Gasteiger partial charge in [0.25, 0.3) is 0 Å². The van der Waals surface area contributed by atoms with Crippen LogP contribution in [0.2, 0.25) is 5.02 Å².